The number of nitro benzene ring substituents is 1. The highest BCUT2D eigenvalue weighted by molar-refractivity contribution is 6.02. The van der Waals surface area contributed by atoms with Crippen LogP contribution in [0.3, 0.4) is 0 Å². The van der Waals surface area contributed by atoms with E-state index in [0.29, 0.717) is 11.4 Å². The van der Waals surface area contributed by atoms with E-state index in [2.05, 4.69) is 26.1 Å². The lowest BCUT2D eigenvalue weighted by Gasteiger charge is -2.19. The highest BCUT2D eigenvalue weighted by atomic mass is 16.6. The summed E-state index contributed by atoms with van der Waals surface area (Å²) in [6.45, 7) is 6.33. The van der Waals surface area contributed by atoms with E-state index >= 15 is 0 Å². The van der Waals surface area contributed by atoms with Crippen molar-refractivity contribution in [2.75, 3.05) is 19.5 Å². The van der Waals surface area contributed by atoms with E-state index in [1.165, 1.54) is 38.5 Å². The monoisotopic (exact) mass is 384 g/mol. The Bertz CT molecular complexity index is 896. The Morgan fingerprint density at radius 2 is 1.64 bits per heavy atom. The molecule has 0 saturated heterocycles. The van der Waals surface area contributed by atoms with E-state index < -0.39 is 10.8 Å². The quantitative estimate of drug-likeness (QED) is 0.448. The van der Waals surface area contributed by atoms with Crippen molar-refractivity contribution in [1.82, 2.24) is 0 Å². The highest BCUT2D eigenvalue weighted by Gasteiger charge is 2.18. The zero-order valence-electron chi connectivity index (χ0n) is 16.6. The van der Waals surface area contributed by atoms with Crippen LogP contribution in [0.15, 0.2) is 42.5 Å². The molecule has 0 spiro atoms. The molecule has 2 aromatic rings. The molecule has 28 heavy (non-hydrogen) atoms. The van der Waals surface area contributed by atoms with Crippen molar-refractivity contribution in [3.05, 3.63) is 63.7 Å². The summed E-state index contributed by atoms with van der Waals surface area (Å²) in [4.78, 5) is 23.0. The van der Waals surface area contributed by atoms with Crippen molar-refractivity contribution < 1.29 is 19.2 Å². The predicted molar refractivity (Wildman–Crippen MR) is 109 cm³/mol. The minimum atomic E-state index is -0.537. The molecule has 148 valence electrons. The molecule has 0 bridgehead atoms. The summed E-state index contributed by atoms with van der Waals surface area (Å²) < 4.78 is 10.3. The zero-order chi connectivity index (χ0) is 20.9. The van der Waals surface area contributed by atoms with E-state index in [9.17, 15) is 14.9 Å². The molecule has 0 aliphatic carbocycles. The van der Waals surface area contributed by atoms with Gasteiger partial charge in [-0.3, -0.25) is 14.9 Å². The van der Waals surface area contributed by atoms with Gasteiger partial charge in [0.25, 0.3) is 5.69 Å². The first-order valence-corrected chi connectivity index (χ1v) is 8.65. The van der Waals surface area contributed by atoms with Gasteiger partial charge < -0.3 is 14.8 Å². The molecule has 0 fully saturated rings. The summed E-state index contributed by atoms with van der Waals surface area (Å²) in [7, 11) is 2.83. The maximum atomic E-state index is 12.2. The molecule has 1 amide bonds. The molecule has 0 heterocycles. The lowest BCUT2D eigenvalue weighted by atomic mass is 9.87. The van der Waals surface area contributed by atoms with Crippen molar-refractivity contribution in [3.8, 4) is 11.5 Å². The number of rotatable bonds is 6. The van der Waals surface area contributed by atoms with E-state index in [4.69, 9.17) is 9.47 Å². The summed E-state index contributed by atoms with van der Waals surface area (Å²) in [5.74, 6) is 0.188. The number of nitrogens with one attached hydrogen (secondary N) is 1. The molecule has 2 rings (SSSR count). The minimum absolute atomic E-state index is 0.0226. The van der Waals surface area contributed by atoms with Crippen LogP contribution in [0.2, 0.25) is 0 Å². The molecule has 0 aliphatic rings. The first kappa shape index (κ1) is 21.0. The second-order valence-corrected chi connectivity index (χ2v) is 7.17. The number of carbonyl (C=O) groups is 1. The van der Waals surface area contributed by atoms with Crippen molar-refractivity contribution >= 4 is 23.4 Å². The number of carbonyl (C=O) groups excluding carboxylic acids is 1. The lowest BCUT2D eigenvalue weighted by molar-refractivity contribution is -0.385. The molecular formula is C21H24N2O5. The topological polar surface area (TPSA) is 90.7 Å². The number of methoxy groups -OCH3 is 2. The predicted octanol–water partition coefficient (Wildman–Crippen LogP) is 4.56. The largest absolute Gasteiger partial charge is 0.493 e. The summed E-state index contributed by atoms with van der Waals surface area (Å²) in [6, 6.07) is 10.3. The average Bonchev–Trinajstić information content (AvgIpc) is 2.65. The van der Waals surface area contributed by atoms with Crippen LogP contribution in [-0.4, -0.2) is 25.1 Å². The van der Waals surface area contributed by atoms with Gasteiger partial charge in [-0.2, -0.15) is 0 Å². The minimum Gasteiger partial charge on any atom is -0.493 e. The van der Waals surface area contributed by atoms with Crippen LogP contribution >= 0.6 is 0 Å². The van der Waals surface area contributed by atoms with E-state index in [1.54, 1.807) is 0 Å². The van der Waals surface area contributed by atoms with Crippen LogP contribution < -0.4 is 14.8 Å². The standard InChI is InChI=1S/C21H24N2O5/c1-21(2,3)15-7-9-16(10-8-15)22-20(24)11-6-14-12-18(27-4)19(28-5)13-17(14)23(25)26/h6-13H,1-5H3,(H,22,24). The number of amides is 1. The maximum absolute atomic E-state index is 12.2. The van der Waals surface area contributed by atoms with Gasteiger partial charge in [-0.1, -0.05) is 32.9 Å². The van der Waals surface area contributed by atoms with E-state index in [1.807, 2.05) is 24.3 Å². The summed E-state index contributed by atoms with van der Waals surface area (Å²) in [5.41, 5.74) is 1.87. The number of nitro groups is 1. The van der Waals surface area contributed by atoms with Gasteiger partial charge in [0, 0.05) is 11.8 Å². The number of nitrogens with zero attached hydrogens (tertiary/aromatic N) is 1. The Morgan fingerprint density at radius 3 is 2.14 bits per heavy atom. The fourth-order valence-corrected chi connectivity index (χ4v) is 2.58. The molecule has 0 unspecified atom stereocenters. The second kappa shape index (κ2) is 8.56. The summed E-state index contributed by atoms with van der Waals surface area (Å²) >= 11 is 0. The van der Waals surface area contributed by atoms with Crippen molar-refractivity contribution in [2.45, 2.75) is 26.2 Å². The molecule has 7 nitrogen and oxygen atoms in total. The van der Waals surface area contributed by atoms with Crippen LogP contribution in [0.1, 0.15) is 31.9 Å². The van der Waals surface area contributed by atoms with Crippen LogP contribution in [0.25, 0.3) is 6.08 Å². The Labute approximate surface area is 164 Å². The van der Waals surface area contributed by atoms with Crippen LogP contribution in [-0.2, 0) is 10.2 Å². The van der Waals surface area contributed by atoms with Crippen LogP contribution in [0.4, 0.5) is 11.4 Å². The fraction of sp³-hybridized carbons (Fsp3) is 0.286. The number of ether oxygens (including phenoxy) is 2. The van der Waals surface area contributed by atoms with Gasteiger partial charge in [0.05, 0.1) is 30.8 Å². The van der Waals surface area contributed by atoms with Crippen molar-refractivity contribution in [1.29, 1.82) is 0 Å². The third kappa shape index (κ3) is 5.09. The molecule has 0 atom stereocenters. The third-order valence-electron chi connectivity index (χ3n) is 4.16. The van der Waals surface area contributed by atoms with Crippen LogP contribution in [0, 0.1) is 10.1 Å². The van der Waals surface area contributed by atoms with Gasteiger partial charge >= 0.3 is 0 Å². The molecule has 2 aromatic carbocycles. The van der Waals surface area contributed by atoms with E-state index in [-0.39, 0.29) is 22.4 Å². The molecule has 0 aliphatic heterocycles. The molecular weight excluding hydrogens is 360 g/mol. The van der Waals surface area contributed by atoms with Gasteiger partial charge in [0.15, 0.2) is 11.5 Å². The first-order chi connectivity index (χ1) is 13.2. The fourth-order valence-electron chi connectivity index (χ4n) is 2.58. The number of hydrogen-bond acceptors (Lipinski definition) is 5. The van der Waals surface area contributed by atoms with Crippen molar-refractivity contribution in [2.24, 2.45) is 0 Å². The average molecular weight is 384 g/mol. The van der Waals surface area contributed by atoms with Gasteiger partial charge in [-0.15, -0.1) is 0 Å². The van der Waals surface area contributed by atoms with Crippen molar-refractivity contribution in [3.63, 3.8) is 0 Å². The summed E-state index contributed by atoms with van der Waals surface area (Å²) in [5, 5.41) is 14.1. The van der Waals surface area contributed by atoms with Gasteiger partial charge in [-0.05, 0) is 35.3 Å². The number of anilines is 1. The smallest absolute Gasteiger partial charge is 0.280 e. The number of benzene rings is 2. The Hall–Kier alpha value is -3.35. The zero-order valence-corrected chi connectivity index (χ0v) is 16.6. The van der Waals surface area contributed by atoms with Gasteiger partial charge in [-0.25, -0.2) is 0 Å². The maximum Gasteiger partial charge on any atom is 0.280 e. The normalized spacial score (nSPS) is 11.3. The third-order valence-corrected chi connectivity index (χ3v) is 4.16. The molecule has 1 N–H and O–H groups in total. The molecule has 0 radical (unpaired) electrons. The summed E-state index contributed by atoms with van der Waals surface area (Å²) in [6.07, 6.45) is 2.62. The van der Waals surface area contributed by atoms with Gasteiger partial charge in [0.1, 0.15) is 0 Å². The highest BCUT2D eigenvalue weighted by Crippen LogP contribution is 2.35. The van der Waals surface area contributed by atoms with Gasteiger partial charge in [0.2, 0.25) is 5.91 Å². The Balaban J connectivity index is 2.20. The van der Waals surface area contributed by atoms with Crippen LogP contribution in [0.5, 0.6) is 11.5 Å². The number of hydrogen-bond donors (Lipinski definition) is 1. The molecule has 0 saturated carbocycles. The molecule has 0 aromatic heterocycles. The lowest BCUT2D eigenvalue weighted by Crippen LogP contribution is -2.12. The van der Waals surface area contributed by atoms with E-state index in [0.717, 1.165) is 5.56 Å². The Kier molecular flexibility index (Phi) is 6.41. The second-order valence-electron chi connectivity index (χ2n) is 7.17. The SMILES string of the molecule is COc1cc(C=CC(=O)Nc2ccc(C(C)(C)C)cc2)c([N+](=O)[O-])cc1OC. The molecule has 7 heteroatoms. The first-order valence-electron chi connectivity index (χ1n) is 8.65. The Morgan fingerprint density at radius 1 is 1.07 bits per heavy atom.